The standard InChI is InChI=1S/C18H22N2O2/c1-2-21-17-9-5-6-10-18(17)22-14-13-20-12-11-19-15-7-3-4-8-16(15)20/h3-10,19H,2,11-14H2,1H3. The zero-order valence-corrected chi connectivity index (χ0v) is 12.9. The molecule has 4 nitrogen and oxygen atoms in total. The molecule has 0 unspecified atom stereocenters. The Labute approximate surface area is 131 Å². The fourth-order valence-corrected chi connectivity index (χ4v) is 2.69. The molecule has 22 heavy (non-hydrogen) atoms. The van der Waals surface area contributed by atoms with Crippen molar-refractivity contribution in [3.05, 3.63) is 48.5 Å². The Kier molecular flexibility index (Phi) is 4.68. The highest BCUT2D eigenvalue weighted by Crippen LogP contribution is 2.29. The van der Waals surface area contributed by atoms with Crippen LogP contribution in [0.3, 0.4) is 0 Å². The minimum atomic E-state index is 0.637. The van der Waals surface area contributed by atoms with Gasteiger partial charge in [-0.15, -0.1) is 0 Å². The molecule has 2 aromatic rings. The van der Waals surface area contributed by atoms with Gasteiger partial charge in [0.25, 0.3) is 0 Å². The number of nitrogens with zero attached hydrogens (tertiary/aromatic N) is 1. The summed E-state index contributed by atoms with van der Waals surface area (Å²) in [5.74, 6) is 1.62. The van der Waals surface area contributed by atoms with Crippen molar-refractivity contribution >= 4 is 11.4 Å². The third-order valence-corrected chi connectivity index (χ3v) is 3.71. The average Bonchev–Trinajstić information content (AvgIpc) is 2.57. The normalized spacial score (nSPS) is 13.2. The van der Waals surface area contributed by atoms with Crippen LogP contribution in [0.25, 0.3) is 0 Å². The number of fused-ring (bicyclic) bond motifs is 1. The molecular weight excluding hydrogens is 276 g/mol. The Bertz CT molecular complexity index is 616. The SMILES string of the molecule is CCOc1ccccc1OCCN1CCNc2ccccc21. The minimum Gasteiger partial charge on any atom is -0.490 e. The average molecular weight is 298 g/mol. The number of anilines is 2. The highest BCUT2D eigenvalue weighted by molar-refractivity contribution is 5.71. The Morgan fingerprint density at radius 1 is 1.00 bits per heavy atom. The van der Waals surface area contributed by atoms with E-state index in [1.807, 2.05) is 31.2 Å². The molecule has 0 amide bonds. The van der Waals surface area contributed by atoms with Crippen LogP contribution in [0.2, 0.25) is 0 Å². The lowest BCUT2D eigenvalue weighted by molar-refractivity contribution is 0.280. The summed E-state index contributed by atoms with van der Waals surface area (Å²) in [7, 11) is 0. The van der Waals surface area contributed by atoms with Crippen LogP contribution in [0.4, 0.5) is 11.4 Å². The molecule has 1 aliphatic rings. The van der Waals surface area contributed by atoms with E-state index >= 15 is 0 Å². The number of hydrogen-bond acceptors (Lipinski definition) is 4. The molecule has 0 saturated heterocycles. The number of rotatable bonds is 6. The van der Waals surface area contributed by atoms with Crippen LogP contribution < -0.4 is 19.7 Å². The van der Waals surface area contributed by atoms with Gasteiger partial charge in [-0.25, -0.2) is 0 Å². The predicted molar refractivity (Wildman–Crippen MR) is 90.3 cm³/mol. The number of hydrogen-bond donors (Lipinski definition) is 1. The predicted octanol–water partition coefficient (Wildman–Crippen LogP) is 3.40. The summed E-state index contributed by atoms with van der Waals surface area (Å²) >= 11 is 0. The molecule has 0 fully saturated rings. The van der Waals surface area contributed by atoms with E-state index in [9.17, 15) is 0 Å². The second-order valence-corrected chi connectivity index (χ2v) is 5.16. The molecule has 1 heterocycles. The summed E-state index contributed by atoms with van der Waals surface area (Å²) in [6, 6.07) is 16.2. The van der Waals surface area contributed by atoms with Crippen molar-refractivity contribution in [2.24, 2.45) is 0 Å². The van der Waals surface area contributed by atoms with E-state index in [4.69, 9.17) is 9.47 Å². The van der Waals surface area contributed by atoms with E-state index in [2.05, 4.69) is 34.5 Å². The summed E-state index contributed by atoms with van der Waals surface area (Å²) in [6.07, 6.45) is 0. The van der Waals surface area contributed by atoms with Gasteiger partial charge in [-0.2, -0.15) is 0 Å². The highest BCUT2D eigenvalue weighted by Gasteiger charge is 2.15. The van der Waals surface area contributed by atoms with Crippen molar-refractivity contribution in [3.8, 4) is 11.5 Å². The summed E-state index contributed by atoms with van der Waals surface area (Å²) in [6.45, 7) is 6.08. The molecule has 4 heteroatoms. The van der Waals surface area contributed by atoms with Gasteiger partial charge < -0.3 is 19.7 Å². The second-order valence-electron chi connectivity index (χ2n) is 5.16. The van der Waals surface area contributed by atoms with E-state index < -0.39 is 0 Å². The summed E-state index contributed by atoms with van der Waals surface area (Å²) in [5, 5.41) is 3.42. The molecule has 0 bridgehead atoms. The third kappa shape index (κ3) is 3.27. The van der Waals surface area contributed by atoms with Crippen LogP contribution in [0.5, 0.6) is 11.5 Å². The van der Waals surface area contributed by atoms with Crippen molar-refractivity contribution < 1.29 is 9.47 Å². The Balaban J connectivity index is 1.60. The maximum Gasteiger partial charge on any atom is 0.161 e. The van der Waals surface area contributed by atoms with Crippen LogP contribution in [0.1, 0.15) is 6.92 Å². The molecule has 0 saturated carbocycles. The van der Waals surface area contributed by atoms with E-state index in [0.717, 1.165) is 31.1 Å². The summed E-state index contributed by atoms with van der Waals surface area (Å²) < 4.78 is 11.5. The van der Waals surface area contributed by atoms with Crippen molar-refractivity contribution in [2.75, 3.05) is 43.1 Å². The first-order valence-corrected chi connectivity index (χ1v) is 7.81. The number of nitrogens with one attached hydrogen (secondary N) is 1. The minimum absolute atomic E-state index is 0.637. The van der Waals surface area contributed by atoms with Gasteiger partial charge in [0.1, 0.15) is 6.61 Å². The fourth-order valence-electron chi connectivity index (χ4n) is 2.69. The van der Waals surface area contributed by atoms with Crippen LogP contribution in [-0.4, -0.2) is 32.8 Å². The third-order valence-electron chi connectivity index (χ3n) is 3.71. The molecular formula is C18H22N2O2. The first kappa shape index (κ1) is 14.6. The van der Waals surface area contributed by atoms with Gasteiger partial charge in [-0.1, -0.05) is 24.3 Å². The van der Waals surface area contributed by atoms with E-state index in [1.54, 1.807) is 0 Å². The molecule has 0 spiro atoms. The number of para-hydroxylation sites is 4. The molecule has 0 radical (unpaired) electrons. The zero-order chi connectivity index (χ0) is 15.2. The maximum atomic E-state index is 5.92. The highest BCUT2D eigenvalue weighted by atomic mass is 16.5. The molecule has 2 aromatic carbocycles. The lowest BCUT2D eigenvalue weighted by Crippen LogP contribution is -2.36. The van der Waals surface area contributed by atoms with Crippen LogP contribution in [-0.2, 0) is 0 Å². The van der Waals surface area contributed by atoms with Gasteiger partial charge in [-0.05, 0) is 31.2 Å². The van der Waals surface area contributed by atoms with Crippen molar-refractivity contribution in [2.45, 2.75) is 6.92 Å². The van der Waals surface area contributed by atoms with E-state index in [-0.39, 0.29) is 0 Å². The monoisotopic (exact) mass is 298 g/mol. The fraction of sp³-hybridized carbons (Fsp3) is 0.333. The Morgan fingerprint density at radius 3 is 2.55 bits per heavy atom. The van der Waals surface area contributed by atoms with Crippen molar-refractivity contribution in [1.29, 1.82) is 0 Å². The van der Waals surface area contributed by atoms with E-state index in [0.29, 0.717) is 13.2 Å². The smallest absolute Gasteiger partial charge is 0.161 e. The first-order valence-electron chi connectivity index (χ1n) is 7.81. The molecule has 0 aromatic heterocycles. The largest absolute Gasteiger partial charge is 0.490 e. The number of benzene rings is 2. The van der Waals surface area contributed by atoms with Gasteiger partial charge in [0.15, 0.2) is 11.5 Å². The maximum absolute atomic E-state index is 5.92. The van der Waals surface area contributed by atoms with Gasteiger partial charge in [-0.3, -0.25) is 0 Å². The molecule has 3 rings (SSSR count). The van der Waals surface area contributed by atoms with Crippen LogP contribution >= 0.6 is 0 Å². The number of ether oxygens (including phenoxy) is 2. The van der Waals surface area contributed by atoms with Crippen LogP contribution in [0, 0.1) is 0 Å². The van der Waals surface area contributed by atoms with Gasteiger partial charge in [0.2, 0.25) is 0 Å². The summed E-state index contributed by atoms with van der Waals surface area (Å²) in [4.78, 5) is 2.36. The first-order chi connectivity index (χ1) is 10.9. The van der Waals surface area contributed by atoms with Crippen molar-refractivity contribution in [3.63, 3.8) is 0 Å². The zero-order valence-electron chi connectivity index (χ0n) is 12.9. The molecule has 0 aliphatic carbocycles. The quantitative estimate of drug-likeness (QED) is 0.886. The lowest BCUT2D eigenvalue weighted by Gasteiger charge is -2.31. The van der Waals surface area contributed by atoms with Crippen molar-refractivity contribution in [1.82, 2.24) is 0 Å². The lowest BCUT2D eigenvalue weighted by atomic mass is 10.2. The van der Waals surface area contributed by atoms with Gasteiger partial charge in [0.05, 0.1) is 24.5 Å². The van der Waals surface area contributed by atoms with Gasteiger partial charge in [0, 0.05) is 13.1 Å². The molecule has 116 valence electrons. The second kappa shape index (κ2) is 7.07. The van der Waals surface area contributed by atoms with E-state index in [1.165, 1.54) is 11.4 Å². The molecule has 1 N–H and O–H groups in total. The Morgan fingerprint density at radius 2 is 1.73 bits per heavy atom. The van der Waals surface area contributed by atoms with Crippen LogP contribution in [0.15, 0.2) is 48.5 Å². The molecule has 0 atom stereocenters. The summed E-state index contributed by atoms with van der Waals surface area (Å²) in [5.41, 5.74) is 2.44. The molecule has 1 aliphatic heterocycles. The van der Waals surface area contributed by atoms with Gasteiger partial charge >= 0.3 is 0 Å². The topological polar surface area (TPSA) is 33.7 Å². The Hall–Kier alpha value is -2.36.